The molecule has 1 aliphatic rings. The Morgan fingerprint density at radius 3 is 2.42 bits per heavy atom. The van der Waals surface area contributed by atoms with Crippen LogP contribution in [0.2, 0.25) is 0 Å². The van der Waals surface area contributed by atoms with Crippen LogP contribution >= 0.6 is 0 Å². The van der Waals surface area contributed by atoms with Crippen molar-refractivity contribution in [3.05, 3.63) is 59.4 Å². The minimum absolute atomic E-state index is 0.0986. The number of primary sulfonamides is 1. The Hall–Kier alpha value is -2.85. The van der Waals surface area contributed by atoms with Crippen LogP contribution in [0.3, 0.4) is 0 Å². The predicted molar refractivity (Wildman–Crippen MR) is 110 cm³/mol. The summed E-state index contributed by atoms with van der Waals surface area (Å²) in [5.41, 5.74) is 2.07. The molecule has 1 aromatic heterocycles. The average molecular weight is 451 g/mol. The summed E-state index contributed by atoms with van der Waals surface area (Å²) in [5.74, 6) is -2.81. The topological polar surface area (TPSA) is 105 Å². The Bertz CT molecular complexity index is 1250. The van der Waals surface area contributed by atoms with Gasteiger partial charge in [0.25, 0.3) is 0 Å². The van der Waals surface area contributed by atoms with E-state index in [-0.39, 0.29) is 23.9 Å². The van der Waals surface area contributed by atoms with Crippen molar-refractivity contribution < 1.29 is 26.4 Å². The first-order chi connectivity index (χ1) is 14.6. The predicted octanol–water partition coefficient (Wildman–Crippen LogP) is 3.29. The number of nitrogens with two attached hydrogens (primary N) is 1. The number of carbonyl (C=O) groups is 1. The van der Waals surface area contributed by atoms with Gasteiger partial charge in [0.15, 0.2) is 0 Å². The number of rotatable bonds is 6. The number of benzene rings is 2. The molecular formula is C21H20F3N3O3S. The van der Waals surface area contributed by atoms with Crippen molar-refractivity contribution in [3.63, 3.8) is 0 Å². The van der Waals surface area contributed by atoms with Gasteiger partial charge in [-0.1, -0.05) is 0 Å². The fourth-order valence-corrected chi connectivity index (χ4v) is 4.48. The molecule has 4 N–H and O–H groups in total. The van der Waals surface area contributed by atoms with E-state index in [2.05, 4.69) is 10.3 Å². The summed E-state index contributed by atoms with van der Waals surface area (Å²) in [6.07, 6.45) is 0.797. The quantitative estimate of drug-likeness (QED) is 0.536. The zero-order chi connectivity index (χ0) is 22.3. The van der Waals surface area contributed by atoms with Gasteiger partial charge in [-0.05, 0) is 60.2 Å². The van der Waals surface area contributed by atoms with Gasteiger partial charge in [-0.25, -0.2) is 26.7 Å². The highest BCUT2D eigenvalue weighted by Crippen LogP contribution is 2.45. The van der Waals surface area contributed by atoms with Crippen molar-refractivity contribution in [2.75, 3.05) is 5.75 Å². The molecule has 0 unspecified atom stereocenters. The van der Waals surface area contributed by atoms with Crippen molar-refractivity contribution in [1.29, 1.82) is 0 Å². The van der Waals surface area contributed by atoms with Crippen LogP contribution in [0, 0.1) is 17.5 Å². The summed E-state index contributed by atoms with van der Waals surface area (Å²) in [7, 11) is -3.72. The number of nitrogens with one attached hydrogen (secondary N) is 2. The van der Waals surface area contributed by atoms with Crippen LogP contribution in [0.25, 0.3) is 22.2 Å². The van der Waals surface area contributed by atoms with Gasteiger partial charge in [-0.15, -0.1) is 0 Å². The zero-order valence-electron chi connectivity index (χ0n) is 16.3. The molecule has 1 aliphatic carbocycles. The maximum atomic E-state index is 14.4. The standard InChI is InChI=1S/C21H20F3N3O3S/c22-13-3-1-11(2-4-13)20-19(16-9-14(23)10-17(24)21(16)27-20)12-7-15(8-12)26-18(28)5-6-31(25,29)30/h1-4,9-10,12,15,27H,5-8H2,(H,26,28)(H2,25,29,30). The number of hydrogen-bond acceptors (Lipinski definition) is 3. The molecule has 4 rings (SSSR count). The van der Waals surface area contributed by atoms with Gasteiger partial charge in [-0.3, -0.25) is 4.79 Å². The largest absolute Gasteiger partial charge is 0.353 e. The van der Waals surface area contributed by atoms with Crippen LogP contribution in [0.4, 0.5) is 13.2 Å². The van der Waals surface area contributed by atoms with Crippen molar-refractivity contribution in [2.45, 2.75) is 31.2 Å². The lowest BCUT2D eigenvalue weighted by Crippen LogP contribution is -2.44. The van der Waals surface area contributed by atoms with Crippen LogP contribution in [0.1, 0.15) is 30.7 Å². The number of H-pyrrole nitrogens is 1. The molecule has 164 valence electrons. The fourth-order valence-electron chi connectivity index (χ4n) is 4.01. The summed E-state index contributed by atoms with van der Waals surface area (Å²) in [4.78, 5) is 14.9. The monoisotopic (exact) mass is 451 g/mol. The molecule has 0 bridgehead atoms. The van der Waals surface area contributed by atoms with E-state index in [0.717, 1.165) is 6.07 Å². The first-order valence-electron chi connectivity index (χ1n) is 9.67. The molecule has 0 atom stereocenters. The second-order valence-corrected chi connectivity index (χ2v) is 9.51. The number of amides is 1. The lowest BCUT2D eigenvalue weighted by atomic mass is 9.74. The molecule has 3 aromatic rings. The van der Waals surface area contributed by atoms with Gasteiger partial charge in [-0.2, -0.15) is 0 Å². The van der Waals surface area contributed by atoms with Crippen LogP contribution in [-0.4, -0.2) is 31.1 Å². The molecule has 1 amide bonds. The van der Waals surface area contributed by atoms with Crippen LogP contribution < -0.4 is 10.5 Å². The first-order valence-corrected chi connectivity index (χ1v) is 11.4. The van der Waals surface area contributed by atoms with Crippen molar-refractivity contribution in [2.24, 2.45) is 5.14 Å². The van der Waals surface area contributed by atoms with Gasteiger partial charge in [0, 0.05) is 23.9 Å². The second kappa shape index (κ2) is 8.01. The van der Waals surface area contributed by atoms with Crippen molar-refractivity contribution in [1.82, 2.24) is 10.3 Å². The Labute approximate surface area is 176 Å². The van der Waals surface area contributed by atoms with E-state index >= 15 is 0 Å². The molecule has 10 heteroatoms. The number of fused-ring (bicyclic) bond motifs is 1. The number of carbonyl (C=O) groups excluding carboxylic acids is 1. The molecule has 0 radical (unpaired) electrons. The highest BCUT2D eigenvalue weighted by atomic mass is 32.2. The van der Waals surface area contributed by atoms with Crippen LogP contribution in [-0.2, 0) is 14.8 Å². The summed E-state index contributed by atoms with van der Waals surface area (Å²) in [5, 5.41) is 8.06. The van der Waals surface area contributed by atoms with Gasteiger partial charge < -0.3 is 10.3 Å². The minimum Gasteiger partial charge on any atom is -0.353 e. The van der Waals surface area contributed by atoms with E-state index in [0.29, 0.717) is 35.0 Å². The minimum atomic E-state index is -3.72. The van der Waals surface area contributed by atoms with Crippen molar-refractivity contribution in [3.8, 4) is 11.3 Å². The smallest absolute Gasteiger partial charge is 0.221 e. The Morgan fingerprint density at radius 2 is 1.77 bits per heavy atom. The molecule has 2 aromatic carbocycles. The molecule has 0 aliphatic heterocycles. The molecule has 1 heterocycles. The maximum absolute atomic E-state index is 14.4. The Balaban J connectivity index is 1.59. The van der Waals surface area contributed by atoms with Gasteiger partial charge in [0.05, 0.1) is 17.0 Å². The number of aromatic nitrogens is 1. The van der Waals surface area contributed by atoms with E-state index in [1.165, 1.54) is 18.2 Å². The van der Waals surface area contributed by atoms with E-state index in [1.54, 1.807) is 12.1 Å². The highest BCUT2D eigenvalue weighted by Gasteiger charge is 2.35. The summed E-state index contributed by atoms with van der Waals surface area (Å²) >= 11 is 0. The molecular weight excluding hydrogens is 431 g/mol. The third-order valence-corrected chi connectivity index (χ3v) is 6.30. The molecule has 0 saturated heterocycles. The fraction of sp³-hybridized carbons (Fsp3) is 0.286. The third-order valence-electron chi connectivity index (χ3n) is 5.52. The summed E-state index contributed by atoms with van der Waals surface area (Å²) in [6.45, 7) is 0. The number of halogens is 3. The molecule has 1 fully saturated rings. The lowest BCUT2D eigenvalue weighted by Gasteiger charge is -2.36. The zero-order valence-corrected chi connectivity index (χ0v) is 17.1. The van der Waals surface area contributed by atoms with Crippen LogP contribution in [0.15, 0.2) is 36.4 Å². The van der Waals surface area contributed by atoms with Gasteiger partial charge in [0.1, 0.15) is 17.5 Å². The Morgan fingerprint density at radius 1 is 1.10 bits per heavy atom. The SMILES string of the molecule is NS(=O)(=O)CCC(=O)NC1CC(c2c(-c3ccc(F)cc3)[nH]c3c(F)cc(F)cc23)C1. The molecule has 6 nitrogen and oxygen atoms in total. The van der Waals surface area contributed by atoms with E-state index in [4.69, 9.17) is 5.14 Å². The summed E-state index contributed by atoms with van der Waals surface area (Å²) < 4.78 is 63.7. The van der Waals surface area contributed by atoms with Gasteiger partial charge >= 0.3 is 0 Å². The van der Waals surface area contributed by atoms with Gasteiger partial charge in [0.2, 0.25) is 15.9 Å². The Kier molecular flexibility index (Phi) is 5.52. The highest BCUT2D eigenvalue weighted by molar-refractivity contribution is 7.89. The molecule has 31 heavy (non-hydrogen) atoms. The summed E-state index contributed by atoms with van der Waals surface area (Å²) in [6, 6.07) is 7.56. The van der Waals surface area contributed by atoms with Crippen LogP contribution in [0.5, 0.6) is 0 Å². The first kappa shape index (κ1) is 21.4. The number of sulfonamides is 1. The number of hydrogen-bond donors (Lipinski definition) is 3. The van der Waals surface area contributed by atoms with E-state index in [1.807, 2.05) is 0 Å². The molecule has 1 saturated carbocycles. The average Bonchev–Trinajstić information content (AvgIpc) is 3.02. The molecule has 0 spiro atoms. The second-order valence-electron chi connectivity index (χ2n) is 7.78. The maximum Gasteiger partial charge on any atom is 0.221 e. The number of aromatic amines is 1. The normalized spacial score (nSPS) is 18.7. The lowest BCUT2D eigenvalue weighted by molar-refractivity contribution is -0.122. The van der Waals surface area contributed by atoms with Crippen molar-refractivity contribution >= 4 is 26.8 Å². The third kappa shape index (κ3) is 4.59. The van der Waals surface area contributed by atoms with E-state index in [9.17, 15) is 26.4 Å². The van der Waals surface area contributed by atoms with E-state index < -0.39 is 39.1 Å².